The molecule has 2 unspecified atom stereocenters. The SMILES string of the molecule is CCCCCCC(O)C(=O)CCCCCC/C=C/[C@H](C(=O)N[C@@H](Cc1ccc(OCC=C(C)C)cc1)C(=O)O)[C@@](O)(CC(=O)O)C(=O)O.CCCCCCCC(O)CCCCCC/C=C/[C@H](C(=O)N[C@@H](Cc1ccc(OCC=C(C)C)cc1)C(=O)O)[C@@](O)(CC(=O)O)C(=O)O. The van der Waals surface area contributed by atoms with Crippen LogP contribution in [0.4, 0.5) is 0 Å². The van der Waals surface area contributed by atoms with Gasteiger partial charge in [0.2, 0.25) is 11.8 Å². The molecule has 12 N–H and O–H groups in total. The highest BCUT2D eigenvalue weighted by molar-refractivity contribution is 5.96. The molecule has 0 heterocycles. The van der Waals surface area contributed by atoms with Gasteiger partial charge in [-0.2, -0.15) is 0 Å². The van der Waals surface area contributed by atoms with Crippen molar-refractivity contribution in [2.75, 3.05) is 13.2 Å². The van der Waals surface area contributed by atoms with Gasteiger partial charge in [0.1, 0.15) is 42.9 Å². The van der Waals surface area contributed by atoms with E-state index >= 15 is 0 Å². The molecule has 0 bridgehead atoms. The van der Waals surface area contributed by atoms with E-state index in [4.69, 9.17) is 9.47 Å². The first-order valence-electron chi connectivity index (χ1n) is 33.3. The highest BCUT2D eigenvalue weighted by atomic mass is 16.5. The van der Waals surface area contributed by atoms with Crippen LogP contribution in [0.2, 0.25) is 0 Å². The zero-order valence-corrected chi connectivity index (χ0v) is 56.5. The number of aliphatic carboxylic acids is 6. The minimum Gasteiger partial charge on any atom is -0.490 e. The van der Waals surface area contributed by atoms with Crippen molar-refractivity contribution in [3.05, 3.63) is 107 Å². The van der Waals surface area contributed by atoms with Crippen molar-refractivity contribution in [1.29, 1.82) is 0 Å². The van der Waals surface area contributed by atoms with Gasteiger partial charge in [0.05, 0.1) is 30.8 Å². The Morgan fingerprint density at radius 3 is 1.17 bits per heavy atom. The van der Waals surface area contributed by atoms with E-state index in [1.54, 1.807) is 48.5 Å². The van der Waals surface area contributed by atoms with Crippen molar-refractivity contribution in [3.8, 4) is 11.5 Å². The third kappa shape index (κ3) is 36.7. The highest BCUT2D eigenvalue weighted by Crippen LogP contribution is 2.28. The summed E-state index contributed by atoms with van der Waals surface area (Å²) < 4.78 is 11.2. The molecule has 0 aliphatic rings. The van der Waals surface area contributed by atoms with E-state index in [-0.39, 0.29) is 31.1 Å². The summed E-state index contributed by atoms with van der Waals surface area (Å²) in [6.45, 7) is 12.7. The normalized spacial score (nSPS) is 14.4. The van der Waals surface area contributed by atoms with Crippen LogP contribution in [-0.2, 0) is 56.0 Å². The molecular formula is C72H108N2O21. The van der Waals surface area contributed by atoms with Gasteiger partial charge in [-0.15, -0.1) is 0 Å². The number of ketones is 1. The van der Waals surface area contributed by atoms with Gasteiger partial charge in [-0.05, 0) is 127 Å². The molecule has 0 radical (unpaired) electrons. The Bertz CT molecular complexity index is 2770. The van der Waals surface area contributed by atoms with Gasteiger partial charge in [-0.1, -0.05) is 163 Å². The molecule has 532 valence electrons. The van der Waals surface area contributed by atoms with Crippen LogP contribution in [0.25, 0.3) is 0 Å². The monoisotopic (exact) mass is 1340 g/mol. The summed E-state index contributed by atoms with van der Waals surface area (Å²) in [5.74, 6) is -15.0. The molecule has 0 fully saturated rings. The maximum absolute atomic E-state index is 13.3. The molecule has 2 aromatic rings. The Kier molecular flexibility index (Phi) is 43.1. The standard InChI is InChI=1S/C36H53NO11.C36H55NO10/c1-4-5-6-12-15-30(38)31(39)16-13-10-8-7-9-11-14-28(36(47,35(45)46)24-32(40)41)33(42)37-29(34(43)44)23-26-17-19-27(20-18-26)48-22-21-25(2)3;1-4-5-6-9-12-15-28(38)16-13-10-7-8-11-14-17-30(36(46,35(44)45)25-32(39)40)33(41)37-31(34(42)43)24-27-18-20-29(21-19-27)47-23-22-26(2)3/h11,14,17-21,28-30,38,47H,4-10,12-13,15-16,22-24H2,1-3H3,(H,37,42)(H,40,41)(H,43,44)(H,45,46);14,17-22,28,30-31,38,46H,4-13,15-16,23-25H2,1-3H3,(H,37,41)(H,39,40)(H,42,43)(H,44,45)/b14-11+;17-14+/t28-,29+,30?,36+;28?,30-,31+,36+/m11/s1. The van der Waals surface area contributed by atoms with Gasteiger partial charge in [0.25, 0.3) is 0 Å². The van der Waals surface area contributed by atoms with Crippen molar-refractivity contribution in [1.82, 2.24) is 10.6 Å². The van der Waals surface area contributed by atoms with Gasteiger partial charge < -0.3 is 71.2 Å². The van der Waals surface area contributed by atoms with E-state index in [1.165, 1.54) is 31.4 Å². The summed E-state index contributed by atoms with van der Waals surface area (Å²) in [7, 11) is 0. The number of ether oxygens (including phenoxy) is 2. The number of benzene rings is 2. The number of rotatable bonds is 52. The number of carboxylic acids is 6. The van der Waals surface area contributed by atoms with Gasteiger partial charge in [-0.3, -0.25) is 24.0 Å². The third-order valence-corrected chi connectivity index (χ3v) is 15.8. The number of carboxylic acid groups (broad SMARTS) is 6. The summed E-state index contributed by atoms with van der Waals surface area (Å²) in [6, 6.07) is 10.2. The number of nitrogens with one attached hydrogen (secondary N) is 2. The fraction of sp³-hybridized carbons (Fsp3) is 0.597. The molecule has 23 nitrogen and oxygen atoms in total. The number of carbonyl (C=O) groups excluding carboxylic acids is 3. The molecule has 0 aliphatic heterocycles. The van der Waals surface area contributed by atoms with Crippen LogP contribution < -0.4 is 20.1 Å². The summed E-state index contributed by atoms with van der Waals surface area (Å²) in [5.41, 5.74) is -2.78. The van der Waals surface area contributed by atoms with Crippen molar-refractivity contribution in [3.63, 3.8) is 0 Å². The number of unbranched alkanes of at least 4 members (excludes halogenated alkanes) is 15. The maximum Gasteiger partial charge on any atom is 0.337 e. The summed E-state index contributed by atoms with van der Waals surface area (Å²) in [5, 5.41) is 104. The number of carbonyl (C=O) groups is 9. The minimum absolute atomic E-state index is 0.149. The van der Waals surface area contributed by atoms with Crippen LogP contribution in [0, 0.1) is 11.8 Å². The molecule has 0 saturated carbocycles. The second-order valence-electron chi connectivity index (χ2n) is 24.7. The van der Waals surface area contributed by atoms with E-state index in [2.05, 4.69) is 24.5 Å². The van der Waals surface area contributed by atoms with Gasteiger partial charge in [0, 0.05) is 19.3 Å². The lowest BCUT2D eigenvalue weighted by atomic mass is 9.82. The first-order chi connectivity index (χ1) is 45.0. The molecule has 2 aromatic carbocycles. The molecule has 8 atom stereocenters. The maximum atomic E-state index is 13.3. The van der Waals surface area contributed by atoms with E-state index in [1.807, 2.05) is 39.8 Å². The quantitative estimate of drug-likeness (QED) is 0.0216. The zero-order valence-electron chi connectivity index (χ0n) is 56.5. The molecule has 2 amide bonds. The summed E-state index contributed by atoms with van der Waals surface area (Å²) >= 11 is 0. The van der Waals surface area contributed by atoms with Gasteiger partial charge in [0.15, 0.2) is 17.0 Å². The number of Topliss-reactive ketones (excluding diaryl/α,β-unsaturated/α-hetero) is 1. The number of aliphatic hydroxyl groups excluding tert-OH is 2. The first kappa shape index (κ1) is 85.3. The zero-order chi connectivity index (χ0) is 71.4. The Balaban J connectivity index is 0.000000950. The van der Waals surface area contributed by atoms with Crippen LogP contribution in [0.15, 0.2) is 96.1 Å². The molecule has 23 heteroatoms. The average molecular weight is 1340 g/mol. The van der Waals surface area contributed by atoms with Gasteiger partial charge in [-0.25, -0.2) is 19.2 Å². The van der Waals surface area contributed by atoms with Crippen molar-refractivity contribution in [2.45, 2.75) is 250 Å². The van der Waals surface area contributed by atoms with Crippen molar-refractivity contribution < 1.29 is 104 Å². The van der Waals surface area contributed by atoms with E-state index in [9.17, 15) is 94.2 Å². The lowest BCUT2D eigenvalue weighted by Crippen LogP contribution is -2.55. The lowest BCUT2D eigenvalue weighted by molar-refractivity contribution is -0.172. The van der Waals surface area contributed by atoms with Gasteiger partial charge >= 0.3 is 35.8 Å². The van der Waals surface area contributed by atoms with E-state index < -0.39 is 102 Å². The second kappa shape index (κ2) is 48.0. The molecule has 2 rings (SSSR count). The number of allylic oxidation sites excluding steroid dienone is 4. The highest BCUT2D eigenvalue weighted by Gasteiger charge is 2.50. The smallest absolute Gasteiger partial charge is 0.337 e. The van der Waals surface area contributed by atoms with Crippen LogP contribution in [0.5, 0.6) is 11.5 Å². The fourth-order valence-electron chi connectivity index (χ4n) is 10.1. The Labute approximate surface area is 559 Å². The molecule has 95 heavy (non-hydrogen) atoms. The van der Waals surface area contributed by atoms with Crippen molar-refractivity contribution in [2.24, 2.45) is 11.8 Å². The molecule has 0 aromatic heterocycles. The fourth-order valence-corrected chi connectivity index (χ4v) is 10.1. The van der Waals surface area contributed by atoms with Crippen LogP contribution >= 0.6 is 0 Å². The van der Waals surface area contributed by atoms with E-state index in [0.717, 1.165) is 93.9 Å². The predicted octanol–water partition coefficient (Wildman–Crippen LogP) is 10.5. The number of aliphatic hydroxyl groups is 4. The van der Waals surface area contributed by atoms with Crippen LogP contribution in [0.1, 0.15) is 213 Å². The molecule has 0 saturated heterocycles. The summed E-state index contributed by atoms with van der Waals surface area (Å²) in [4.78, 5) is 110. The topological polar surface area (TPSA) is 398 Å². The summed E-state index contributed by atoms with van der Waals surface area (Å²) in [6.07, 6.45) is 23.5. The number of hydrogen-bond donors (Lipinski definition) is 12. The molecular weight excluding hydrogens is 1230 g/mol. The van der Waals surface area contributed by atoms with Crippen LogP contribution in [0.3, 0.4) is 0 Å². The average Bonchev–Trinajstić information content (AvgIpc) is 0.819. The molecule has 0 spiro atoms. The second-order valence-corrected chi connectivity index (χ2v) is 24.7. The number of amides is 2. The third-order valence-electron chi connectivity index (χ3n) is 15.8. The van der Waals surface area contributed by atoms with Crippen molar-refractivity contribution >= 4 is 53.4 Å². The molecule has 0 aliphatic carbocycles. The Hall–Kier alpha value is -7.73. The number of hydrogen-bond acceptors (Lipinski definition) is 15. The Morgan fingerprint density at radius 2 is 0.821 bits per heavy atom. The predicted molar refractivity (Wildman–Crippen MR) is 359 cm³/mol. The van der Waals surface area contributed by atoms with Crippen LogP contribution in [-0.4, -0.2) is 153 Å². The minimum atomic E-state index is -3.04. The first-order valence-corrected chi connectivity index (χ1v) is 33.3. The Morgan fingerprint density at radius 1 is 0.474 bits per heavy atom. The lowest BCUT2D eigenvalue weighted by Gasteiger charge is -2.29. The largest absolute Gasteiger partial charge is 0.490 e. The van der Waals surface area contributed by atoms with E-state index in [0.29, 0.717) is 87.2 Å².